The molecule has 19 heavy (non-hydrogen) atoms. The minimum Gasteiger partial charge on any atom is -0.506 e. The third-order valence-corrected chi connectivity index (χ3v) is 4.65. The maximum absolute atomic E-state index is 10.3. The molecule has 1 aromatic carbocycles. The molecule has 0 aromatic heterocycles. The standard InChI is InChI=1S/C15H21ClN2O/c16-14-13-4-2-1-3-11(13)9-12(15(14)19)10-18-7-5-17-6-8-18/h9,17,19H,1-8,10H2. The van der Waals surface area contributed by atoms with Crippen LogP contribution in [0.4, 0.5) is 0 Å². The Balaban J connectivity index is 1.86. The van der Waals surface area contributed by atoms with Crippen molar-refractivity contribution in [3.05, 3.63) is 27.8 Å². The van der Waals surface area contributed by atoms with Gasteiger partial charge in [-0.15, -0.1) is 0 Å². The summed E-state index contributed by atoms with van der Waals surface area (Å²) in [4.78, 5) is 2.37. The van der Waals surface area contributed by atoms with Gasteiger partial charge < -0.3 is 10.4 Å². The number of aryl methyl sites for hydroxylation is 1. The lowest BCUT2D eigenvalue weighted by Gasteiger charge is -2.28. The molecule has 1 fully saturated rings. The molecular weight excluding hydrogens is 260 g/mol. The van der Waals surface area contributed by atoms with Gasteiger partial charge in [0.1, 0.15) is 5.75 Å². The van der Waals surface area contributed by atoms with Crippen LogP contribution >= 0.6 is 11.6 Å². The van der Waals surface area contributed by atoms with Crippen molar-refractivity contribution in [3.63, 3.8) is 0 Å². The average Bonchev–Trinajstić information content (AvgIpc) is 2.46. The largest absolute Gasteiger partial charge is 0.506 e. The van der Waals surface area contributed by atoms with E-state index < -0.39 is 0 Å². The first-order valence-corrected chi connectivity index (χ1v) is 7.58. The lowest BCUT2D eigenvalue weighted by Crippen LogP contribution is -2.42. The zero-order valence-corrected chi connectivity index (χ0v) is 12.0. The molecule has 3 rings (SSSR count). The molecule has 0 unspecified atom stereocenters. The van der Waals surface area contributed by atoms with E-state index in [4.69, 9.17) is 11.6 Å². The number of phenolic OH excluding ortho intramolecular Hbond substituents is 1. The topological polar surface area (TPSA) is 35.5 Å². The van der Waals surface area contributed by atoms with E-state index in [9.17, 15) is 5.11 Å². The van der Waals surface area contributed by atoms with E-state index in [0.717, 1.165) is 51.1 Å². The number of benzene rings is 1. The predicted molar refractivity (Wildman–Crippen MR) is 77.9 cm³/mol. The second-order valence-corrected chi connectivity index (χ2v) is 5.95. The van der Waals surface area contributed by atoms with E-state index in [1.807, 2.05) is 0 Å². The molecule has 4 heteroatoms. The number of hydrogen-bond acceptors (Lipinski definition) is 3. The van der Waals surface area contributed by atoms with Crippen molar-refractivity contribution >= 4 is 11.6 Å². The van der Waals surface area contributed by atoms with Crippen LogP contribution in [0.25, 0.3) is 0 Å². The summed E-state index contributed by atoms with van der Waals surface area (Å²) in [5, 5.41) is 14.3. The molecule has 0 radical (unpaired) electrons. The van der Waals surface area contributed by atoms with E-state index in [0.29, 0.717) is 10.8 Å². The Hall–Kier alpha value is -0.770. The van der Waals surface area contributed by atoms with Crippen LogP contribution in [0, 0.1) is 0 Å². The number of piperazine rings is 1. The average molecular weight is 281 g/mol. The van der Waals surface area contributed by atoms with E-state index in [1.165, 1.54) is 24.0 Å². The van der Waals surface area contributed by atoms with Gasteiger partial charge in [-0.1, -0.05) is 17.7 Å². The lowest BCUT2D eigenvalue weighted by atomic mass is 9.89. The maximum Gasteiger partial charge on any atom is 0.138 e. The molecule has 2 aliphatic rings. The summed E-state index contributed by atoms with van der Waals surface area (Å²) < 4.78 is 0. The molecule has 0 saturated carbocycles. The van der Waals surface area contributed by atoms with Gasteiger partial charge in [0.25, 0.3) is 0 Å². The molecule has 0 spiro atoms. The molecule has 0 amide bonds. The van der Waals surface area contributed by atoms with Gasteiger partial charge in [-0.3, -0.25) is 4.90 Å². The number of nitrogens with zero attached hydrogens (tertiary/aromatic N) is 1. The first-order chi connectivity index (χ1) is 9.25. The fourth-order valence-electron chi connectivity index (χ4n) is 3.13. The van der Waals surface area contributed by atoms with Gasteiger partial charge in [0.05, 0.1) is 5.02 Å². The van der Waals surface area contributed by atoms with Gasteiger partial charge >= 0.3 is 0 Å². The third kappa shape index (κ3) is 2.73. The smallest absolute Gasteiger partial charge is 0.138 e. The van der Waals surface area contributed by atoms with E-state index in [2.05, 4.69) is 16.3 Å². The Morgan fingerprint density at radius 2 is 1.95 bits per heavy atom. The van der Waals surface area contributed by atoms with Crippen LogP contribution in [0.3, 0.4) is 0 Å². The van der Waals surface area contributed by atoms with Crippen molar-refractivity contribution < 1.29 is 5.11 Å². The number of aromatic hydroxyl groups is 1. The summed E-state index contributed by atoms with van der Waals surface area (Å²) in [6.07, 6.45) is 4.53. The highest BCUT2D eigenvalue weighted by atomic mass is 35.5. The fraction of sp³-hybridized carbons (Fsp3) is 0.600. The normalized spacial score (nSPS) is 20.3. The molecule has 0 bridgehead atoms. The summed E-state index contributed by atoms with van der Waals surface area (Å²) in [6.45, 7) is 4.93. The van der Waals surface area contributed by atoms with Crippen molar-refractivity contribution in [2.24, 2.45) is 0 Å². The summed E-state index contributed by atoms with van der Waals surface area (Å²) in [5.74, 6) is 0.306. The quantitative estimate of drug-likeness (QED) is 0.873. The predicted octanol–water partition coefficient (Wildman–Crippen LogP) is 2.33. The summed E-state index contributed by atoms with van der Waals surface area (Å²) in [5.41, 5.74) is 3.52. The monoisotopic (exact) mass is 280 g/mol. The SMILES string of the molecule is Oc1c(CN2CCNCC2)cc2c(c1Cl)CCCC2. The van der Waals surface area contributed by atoms with Gasteiger partial charge in [0, 0.05) is 38.3 Å². The number of hydrogen-bond donors (Lipinski definition) is 2. The van der Waals surface area contributed by atoms with Crippen molar-refractivity contribution in [3.8, 4) is 5.75 Å². The molecule has 1 aromatic rings. The van der Waals surface area contributed by atoms with Gasteiger partial charge in [0.2, 0.25) is 0 Å². The Morgan fingerprint density at radius 3 is 2.74 bits per heavy atom. The Kier molecular flexibility index (Phi) is 3.96. The Bertz CT molecular complexity index is 470. The second kappa shape index (κ2) is 5.70. The van der Waals surface area contributed by atoms with E-state index >= 15 is 0 Å². The van der Waals surface area contributed by atoms with Crippen LogP contribution < -0.4 is 5.32 Å². The van der Waals surface area contributed by atoms with Crippen LogP contribution in [0.2, 0.25) is 5.02 Å². The molecule has 1 saturated heterocycles. The highest BCUT2D eigenvalue weighted by molar-refractivity contribution is 6.33. The minimum absolute atomic E-state index is 0.306. The Labute approximate surface area is 119 Å². The van der Waals surface area contributed by atoms with Gasteiger partial charge in [-0.25, -0.2) is 0 Å². The van der Waals surface area contributed by atoms with Crippen LogP contribution in [0.15, 0.2) is 6.07 Å². The zero-order valence-electron chi connectivity index (χ0n) is 11.2. The molecule has 0 atom stereocenters. The molecule has 2 N–H and O–H groups in total. The van der Waals surface area contributed by atoms with Crippen molar-refractivity contribution in [2.75, 3.05) is 26.2 Å². The Morgan fingerprint density at radius 1 is 1.21 bits per heavy atom. The molecule has 1 aliphatic carbocycles. The van der Waals surface area contributed by atoms with E-state index in [-0.39, 0.29) is 0 Å². The molecule has 104 valence electrons. The summed E-state index contributed by atoms with van der Waals surface area (Å²) >= 11 is 6.35. The second-order valence-electron chi connectivity index (χ2n) is 5.57. The summed E-state index contributed by atoms with van der Waals surface area (Å²) in [6, 6.07) is 2.18. The molecular formula is C15H21ClN2O. The number of nitrogens with one attached hydrogen (secondary N) is 1. The summed E-state index contributed by atoms with van der Waals surface area (Å²) in [7, 11) is 0. The van der Waals surface area contributed by atoms with Crippen LogP contribution in [0.1, 0.15) is 29.5 Å². The number of fused-ring (bicyclic) bond motifs is 1. The van der Waals surface area contributed by atoms with Crippen LogP contribution in [-0.2, 0) is 19.4 Å². The first kappa shape index (κ1) is 13.2. The third-order valence-electron chi connectivity index (χ3n) is 4.24. The molecule has 1 aliphatic heterocycles. The van der Waals surface area contributed by atoms with E-state index in [1.54, 1.807) is 0 Å². The number of phenols is 1. The van der Waals surface area contributed by atoms with Gasteiger partial charge in [-0.05, 0) is 36.8 Å². The van der Waals surface area contributed by atoms with Crippen molar-refractivity contribution in [1.82, 2.24) is 10.2 Å². The molecule has 3 nitrogen and oxygen atoms in total. The van der Waals surface area contributed by atoms with Crippen molar-refractivity contribution in [2.45, 2.75) is 32.2 Å². The number of halogens is 1. The molecule has 1 heterocycles. The zero-order chi connectivity index (χ0) is 13.2. The minimum atomic E-state index is 0.306. The van der Waals surface area contributed by atoms with Gasteiger partial charge in [-0.2, -0.15) is 0 Å². The first-order valence-electron chi connectivity index (χ1n) is 7.21. The lowest BCUT2D eigenvalue weighted by molar-refractivity contribution is 0.230. The van der Waals surface area contributed by atoms with Crippen LogP contribution in [0.5, 0.6) is 5.75 Å². The highest BCUT2D eigenvalue weighted by Crippen LogP contribution is 2.37. The van der Waals surface area contributed by atoms with Crippen molar-refractivity contribution in [1.29, 1.82) is 0 Å². The van der Waals surface area contributed by atoms with Crippen LogP contribution in [-0.4, -0.2) is 36.2 Å². The van der Waals surface area contributed by atoms with Gasteiger partial charge in [0.15, 0.2) is 0 Å². The highest BCUT2D eigenvalue weighted by Gasteiger charge is 2.20. The number of rotatable bonds is 2. The maximum atomic E-state index is 10.3. The fourth-order valence-corrected chi connectivity index (χ4v) is 3.47.